The summed E-state index contributed by atoms with van der Waals surface area (Å²) < 4.78 is 33.9. The van der Waals surface area contributed by atoms with Crippen LogP contribution in [0.5, 0.6) is 34.5 Å². The lowest BCUT2D eigenvalue weighted by molar-refractivity contribution is 0.0626. The second kappa shape index (κ2) is 23.5. The van der Waals surface area contributed by atoms with Crippen molar-refractivity contribution in [2.24, 2.45) is 9.98 Å². The monoisotopic (exact) mass is 834 g/mol. The molecule has 6 rings (SSSR count). The standard InChI is InChI=1S/C51H50N2O9/c1-3-5-31-57-44-23-11-39(12-24-44)50(55)61-48-19-7-37(8-20-48)33-52-41-15-27-46(28-16-41)59-35-43(54)36-60-47-29-17-42(18-30-47)53-34-38-9-21-49(22-10-38)62-51(56)40-13-25-45(26-14-40)58-32-6-4-2/h7-30,33-34,43,54H,3-6,31-32,35-36H2,1-2H3. The summed E-state index contributed by atoms with van der Waals surface area (Å²) in [6, 6.07) is 42.4. The summed E-state index contributed by atoms with van der Waals surface area (Å²) in [5.74, 6) is 2.58. The SMILES string of the molecule is CCCCOc1ccc(C(=O)Oc2ccc(C=Nc3ccc(OCC(O)COc4ccc(N=Cc5ccc(OC(=O)c6ccc(OCCCC)cc6)cc5)cc4)cc3)cc2)cc1. The molecule has 0 unspecified atom stereocenters. The summed E-state index contributed by atoms with van der Waals surface area (Å²) in [5, 5.41) is 10.5. The van der Waals surface area contributed by atoms with Gasteiger partial charge in [-0.25, -0.2) is 9.59 Å². The smallest absolute Gasteiger partial charge is 0.343 e. The van der Waals surface area contributed by atoms with Gasteiger partial charge in [0.05, 0.1) is 35.7 Å². The fourth-order valence-electron chi connectivity index (χ4n) is 5.61. The molecular weight excluding hydrogens is 785 g/mol. The van der Waals surface area contributed by atoms with E-state index < -0.39 is 18.0 Å². The van der Waals surface area contributed by atoms with Crippen molar-refractivity contribution in [2.45, 2.75) is 45.6 Å². The third-order valence-corrected chi connectivity index (χ3v) is 9.18. The van der Waals surface area contributed by atoms with Crippen molar-refractivity contribution in [3.8, 4) is 34.5 Å². The number of ether oxygens (including phenoxy) is 6. The Morgan fingerprint density at radius 3 is 1.15 bits per heavy atom. The van der Waals surface area contributed by atoms with Gasteiger partial charge in [-0.15, -0.1) is 0 Å². The maximum Gasteiger partial charge on any atom is 0.343 e. The average molecular weight is 835 g/mol. The van der Waals surface area contributed by atoms with Crippen LogP contribution in [0.4, 0.5) is 11.4 Å². The van der Waals surface area contributed by atoms with E-state index in [4.69, 9.17) is 28.4 Å². The van der Waals surface area contributed by atoms with Gasteiger partial charge in [-0.3, -0.25) is 9.98 Å². The van der Waals surface area contributed by atoms with Crippen LogP contribution in [-0.4, -0.2) is 62.0 Å². The molecule has 0 aliphatic carbocycles. The van der Waals surface area contributed by atoms with Crippen molar-refractivity contribution in [2.75, 3.05) is 26.4 Å². The Bertz CT molecular complexity index is 2170. The lowest BCUT2D eigenvalue weighted by Gasteiger charge is -2.13. The van der Waals surface area contributed by atoms with E-state index in [1.54, 1.807) is 109 Å². The van der Waals surface area contributed by atoms with Gasteiger partial charge in [-0.05, 0) is 170 Å². The first kappa shape index (κ1) is 44.3. The molecule has 11 heteroatoms. The molecule has 0 aliphatic rings. The van der Waals surface area contributed by atoms with Crippen LogP contribution in [0, 0.1) is 0 Å². The van der Waals surface area contributed by atoms with Crippen molar-refractivity contribution < 1.29 is 43.1 Å². The predicted molar refractivity (Wildman–Crippen MR) is 241 cm³/mol. The molecule has 0 radical (unpaired) electrons. The highest BCUT2D eigenvalue weighted by atomic mass is 16.5. The summed E-state index contributed by atoms with van der Waals surface area (Å²) >= 11 is 0. The van der Waals surface area contributed by atoms with Crippen molar-refractivity contribution in [1.29, 1.82) is 0 Å². The van der Waals surface area contributed by atoms with Crippen molar-refractivity contribution in [3.05, 3.63) is 168 Å². The van der Waals surface area contributed by atoms with Gasteiger partial charge in [0.15, 0.2) is 0 Å². The molecule has 0 aromatic heterocycles. The molecule has 0 saturated heterocycles. The Hall–Kier alpha value is -7.24. The van der Waals surface area contributed by atoms with E-state index in [2.05, 4.69) is 23.8 Å². The van der Waals surface area contributed by atoms with Gasteiger partial charge in [0.25, 0.3) is 0 Å². The topological polar surface area (TPSA) is 134 Å². The van der Waals surface area contributed by atoms with Crippen molar-refractivity contribution in [3.63, 3.8) is 0 Å². The zero-order chi connectivity index (χ0) is 43.4. The molecule has 0 atom stereocenters. The van der Waals surface area contributed by atoms with Gasteiger partial charge in [-0.1, -0.05) is 26.7 Å². The van der Waals surface area contributed by atoms with Gasteiger partial charge in [0.2, 0.25) is 0 Å². The fourth-order valence-corrected chi connectivity index (χ4v) is 5.61. The highest BCUT2D eigenvalue weighted by Crippen LogP contribution is 2.22. The summed E-state index contributed by atoms with van der Waals surface area (Å²) in [5.41, 5.74) is 3.98. The summed E-state index contributed by atoms with van der Waals surface area (Å²) in [4.78, 5) is 34.2. The number of aliphatic hydroxyl groups excluding tert-OH is 1. The molecule has 0 heterocycles. The van der Waals surface area contributed by atoms with E-state index in [-0.39, 0.29) is 13.2 Å². The molecular formula is C51H50N2O9. The van der Waals surface area contributed by atoms with Crippen LogP contribution < -0.4 is 28.4 Å². The summed E-state index contributed by atoms with van der Waals surface area (Å²) in [6.07, 6.45) is 6.63. The molecule has 0 bridgehead atoms. The largest absolute Gasteiger partial charge is 0.494 e. The first-order chi connectivity index (χ1) is 30.3. The van der Waals surface area contributed by atoms with Crippen LogP contribution in [0.3, 0.4) is 0 Å². The third kappa shape index (κ3) is 14.5. The highest BCUT2D eigenvalue weighted by molar-refractivity contribution is 5.92. The van der Waals surface area contributed by atoms with Gasteiger partial charge < -0.3 is 33.5 Å². The first-order valence-electron chi connectivity index (χ1n) is 20.7. The average Bonchev–Trinajstić information content (AvgIpc) is 3.31. The minimum absolute atomic E-state index is 0.0421. The Morgan fingerprint density at radius 2 is 0.790 bits per heavy atom. The Balaban J connectivity index is 0.871. The second-order valence-corrected chi connectivity index (χ2v) is 14.1. The zero-order valence-corrected chi connectivity index (χ0v) is 34.9. The normalized spacial score (nSPS) is 11.6. The molecule has 6 aromatic rings. The Labute approximate surface area is 362 Å². The lowest BCUT2D eigenvalue weighted by atomic mass is 10.2. The molecule has 318 valence electrons. The Kier molecular flexibility index (Phi) is 16.8. The molecule has 0 aliphatic heterocycles. The van der Waals surface area contributed by atoms with Crippen LogP contribution in [0.2, 0.25) is 0 Å². The molecule has 1 N–H and O–H groups in total. The number of carbonyl (C=O) groups is 2. The second-order valence-electron chi connectivity index (χ2n) is 14.1. The van der Waals surface area contributed by atoms with Crippen molar-refractivity contribution >= 4 is 35.7 Å². The number of aliphatic imine (C=N–C) groups is 2. The minimum atomic E-state index is -0.860. The van der Waals surface area contributed by atoms with Crippen LogP contribution >= 0.6 is 0 Å². The fraction of sp³-hybridized carbons (Fsp3) is 0.216. The van der Waals surface area contributed by atoms with E-state index in [1.165, 1.54) is 0 Å². The number of carbonyl (C=O) groups excluding carboxylic acids is 2. The van der Waals surface area contributed by atoms with E-state index in [1.807, 2.05) is 48.5 Å². The quantitative estimate of drug-likeness (QED) is 0.0307. The summed E-state index contributed by atoms with van der Waals surface area (Å²) in [6.45, 7) is 5.59. The number of aliphatic hydroxyl groups is 1. The molecule has 6 aromatic carbocycles. The number of benzene rings is 6. The maximum absolute atomic E-state index is 12.6. The number of rotatable bonds is 22. The van der Waals surface area contributed by atoms with Gasteiger partial charge in [0.1, 0.15) is 53.8 Å². The molecule has 0 spiro atoms. The third-order valence-electron chi connectivity index (χ3n) is 9.18. The number of hydrogen-bond donors (Lipinski definition) is 1. The number of esters is 2. The first-order valence-corrected chi connectivity index (χ1v) is 20.7. The molecule has 11 nitrogen and oxygen atoms in total. The maximum atomic E-state index is 12.6. The highest BCUT2D eigenvalue weighted by Gasteiger charge is 2.11. The van der Waals surface area contributed by atoms with Crippen molar-refractivity contribution in [1.82, 2.24) is 0 Å². The summed E-state index contributed by atoms with van der Waals surface area (Å²) in [7, 11) is 0. The van der Waals surface area contributed by atoms with E-state index in [0.717, 1.165) is 48.3 Å². The van der Waals surface area contributed by atoms with Gasteiger partial charge in [0, 0.05) is 12.4 Å². The molecule has 0 fully saturated rings. The van der Waals surface area contributed by atoms with Crippen LogP contribution in [0.15, 0.2) is 156 Å². The van der Waals surface area contributed by atoms with E-state index >= 15 is 0 Å². The molecule has 0 saturated carbocycles. The number of hydrogen-bond acceptors (Lipinski definition) is 11. The molecule has 62 heavy (non-hydrogen) atoms. The van der Waals surface area contributed by atoms with Crippen LogP contribution in [-0.2, 0) is 0 Å². The number of unbranched alkanes of at least 4 members (excludes halogenated alkanes) is 2. The zero-order valence-electron chi connectivity index (χ0n) is 34.9. The minimum Gasteiger partial charge on any atom is -0.494 e. The van der Waals surface area contributed by atoms with Crippen LogP contribution in [0.1, 0.15) is 71.4 Å². The Morgan fingerprint density at radius 1 is 0.468 bits per heavy atom. The number of nitrogens with zero attached hydrogens (tertiary/aromatic N) is 2. The van der Waals surface area contributed by atoms with E-state index in [0.29, 0.717) is 58.7 Å². The predicted octanol–water partition coefficient (Wildman–Crippen LogP) is 10.8. The van der Waals surface area contributed by atoms with Crippen LogP contribution in [0.25, 0.3) is 0 Å². The lowest BCUT2D eigenvalue weighted by Crippen LogP contribution is -2.25. The van der Waals surface area contributed by atoms with Gasteiger partial charge in [-0.2, -0.15) is 0 Å². The molecule has 0 amide bonds. The van der Waals surface area contributed by atoms with E-state index in [9.17, 15) is 14.7 Å². The van der Waals surface area contributed by atoms with Gasteiger partial charge >= 0.3 is 11.9 Å².